The second-order valence-corrected chi connectivity index (χ2v) is 9.26. The molecule has 8 heteroatoms. The molecule has 0 bridgehead atoms. The molecule has 0 saturated heterocycles. The molecule has 0 atom stereocenters. The Labute approximate surface area is 189 Å². The number of aromatic nitrogens is 3. The fourth-order valence-electron chi connectivity index (χ4n) is 3.25. The fraction of sp³-hybridized carbons (Fsp3) is 0.261. The van der Waals surface area contributed by atoms with E-state index in [4.69, 9.17) is 9.72 Å². The van der Waals surface area contributed by atoms with Crippen molar-refractivity contribution in [1.29, 1.82) is 0 Å². The number of thioether (sulfide) groups is 1. The summed E-state index contributed by atoms with van der Waals surface area (Å²) >= 11 is 3.30. The molecular formula is C23H24N4O2S2. The van der Waals surface area contributed by atoms with Crippen LogP contribution < -0.4 is 10.1 Å². The molecule has 1 N–H and O–H groups in total. The summed E-state index contributed by atoms with van der Waals surface area (Å²) < 4.78 is 8.40. The first-order chi connectivity index (χ1) is 15.1. The molecule has 4 rings (SSSR count). The van der Waals surface area contributed by atoms with E-state index in [1.165, 1.54) is 16.2 Å². The normalized spacial score (nSPS) is 11.1. The van der Waals surface area contributed by atoms with Gasteiger partial charge < -0.3 is 10.1 Å². The Morgan fingerprint density at radius 2 is 2.00 bits per heavy atom. The van der Waals surface area contributed by atoms with E-state index >= 15 is 0 Å². The number of carbonyl (C=O) groups is 1. The lowest BCUT2D eigenvalue weighted by molar-refractivity contribution is -0.115. The first-order valence-electron chi connectivity index (χ1n) is 10.2. The minimum atomic E-state index is -0.0897. The number of para-hydroxylation sites is 1. The van der Waals surface area contributed by atoms with Gasteiger partial charge >= 0.3 is 0 Å². The van der Waals surface area contributed by atoms with Crippen molar-refractivity contribution < 1.29 is 9.53 Å². The molecule has 160 valence electrons. The molecule has 0 spiro atoms. The highest BCUT2D eigenvalue weighted by Crippen LogP contribution is 2.32. The highest BCUT2D eigenvalue weighted by molar-refractivity contribution is 7.99. The van der Waals surface area contributed by atoms with Gasteiger partial charge in [-0.15, -0.1) is 11.8 Å². The van der Waals surface area contributed by atoms with Gasteiger partial charge in [0.1, 0.15) is 17.1 Å². The number of amides is 1. The molecule has 6 nitrogen and oxygen atoms in total. The summed E-state index contributed by atoms with van der Waals surface area (Å²) in [6.07, 6.45) is 0.301. The Bertz CT molecular complexity index is 1200. The van der Waals surface area contributed by atoms with Crippen LogP contribution in [0.5, 0.6) is 5.75 Å². The van der Waals surface area contributed by atoms with Crippen LogP contribution in [0.4, 0.5) is 5.82 Å². The minimum Gasteiger partial charge on any atom is -0.492 e. The fourth-order valence-corrected chi connectivity index (χ4v) is 4.86. The molecule has 0 aliphatic heterocycles. The first-order valence-corrected chi connectivity index (χ1v) is 12.0. The summed E-state index contributed by atoms with van der Waals surface area (Å²) in [5, 5.41) is 8.23. The smallest absolute Gasteiger partial charge is 0.229 e. The van der Waals surface area contributed by atoms with E-state index in [9.17, 15) is 4.79 Å². The third kappa shape index (κ3) is 4.91. The third-order valence-electron chi connectivity index (χ3n) is 4.55. The maximum Gasteiger partial charge on any atom is 0.229 e. The second kappa shape index (κ2) is 9.53. The first kappa shape index (κ1) is 21.4. The number of ether oxygens (including phenoxy) is 1. The lowest BCUT2D eigenvalue weighted by Gasteiger charge is -2.07. The lowest BCUT2D eigenvalue weighted by Crippen LogP contribution is -2.17. The summed E-state index contributed by atoms with van der Waals surface area (Å²) in [5.41, 5.74) is 2.59. The molecular weight excluding hydrogens is 428 g/mol. The van der Waals surface area contributed by atoms with Crippen LogP contribution in [0, 0.1) is 6.92 Å². The van der Waals surface area contributed by atoms with Gasteiger partial charge in [0.15, 0.2) is 0 Å². The number of hydrogen-bond acceptors (Lipinski definition) is 6. The molecule has 1 amide bonds. The largest absolute Gasteiger partial charge is 0.492 e. The molecule has 0 fully saturated rings. The van der Waals surface area contributed by atoms with Crippen LogP contribution in [0.1, 0.15) is 25.1 Å². The van der Waals surface area contributed by atoms with Gasteiger partial charge in [0.25, 0.3) is 0 Å². The summed E-state index contributed by atoms with van der Waals surface area (Å²) in [6.45, 7) is 6.55. The molecule has 2 aromatic heterocycles. The van der Waals surface area contributed by atoms with Crippen molar-refractivity contribution in [2.75, 3.05) is 17.7 Å². The topological polar surface area (TPSA) is 69.0 Å². The van der Waals surface area contributed by atoms with Gasteiger partial charge in [-0.25, -0.2) is 4.98 Å². The van der Waals surface area contributed by atoms with E-state index in [2.05, 4.69) is 29.5 Å². The van der Waals surface area contributed by atoms with Crippen LogP contribution in [-0.4, -0.2) is 33.0 Å². The van der Waals surface area contributed by atoms with Crippen molar-refractivity contribution in [2.24, 2.45) is 0 Å². The highest BCUT2D eigenvalue weighted by Gasteiger charge is 2.16. The highest BCUT2D eigenvalue weighted by atomic mass is 32.2. The number of nitrogens with one attached hydrogen (secondary N) is 1. The van der Waals surface area contributed by atoms with Crippen molar-refractivity contribution >= 4 is 45.0 Å². The van der Waals surface area contributed by atoms with E-state index in [0.29, 0.717) is 24.0 Å². The summed E-state index contributed by atoms with van der Waals surface area (Å²) in [7, 11) is 0. The Hall–Kier alpha value is -2.84. The quantitative estimate of drug-likeness (QED) is 0.358. The molecule has 0 radical (unpaired) electrons. The number of thiazole rings is 1. The van der Waals surface area contributed by atoms with E-state index in [-0.39, 0.29) is 5.91 Å². The van der Waals surface area contributed by atoms with Crippen molar-refractivity contribution in [1.82, 2.24) is 14.8 Å². The van der Waals surface area contributed by atoms with E-state index in [1.54, 1.807) is 16.4 Å². The number of nitrogens with zero attached hydrogens (tertiary/aromatic N) is 3. The molecule has 2 heterocycles. The number of carbonyl (C=O) groups excluding carboxylic acids is 1. The van der Waals surface area contributed by atoms with Crippen molar-refractivity contribution in [2.45, 2.75) is 32.1 Å². The van der Waals surface area contributed by atoms with E-state index in [1.807, 2.05) is 50.2 Å². The Kier molecular flexibility index (Phi) is 6.58. The molecule has 31 heavy (non-hydrogen) atoms. The number of benzene rings is 2. The number of anilines is 1. The maximum atomic E-state index is 12.7. The van der Waals surface area contributed by atoms with Gasteiger partial charge in [-0.2, -0.15) is 9.78 Å². The zero-order valence-corrected chi connectivity index (χ0v) is 19.3. The van der Waals surface area contributed by atoms with Crippen molar-refractivity contribution in [3.8, 4) is 10.9 Å². The zero-order chi connectivity index (χ0) is 21.8. The standard InChI is InChI=1S/C23H24N4O2S2/c1-4-29-18-7-6-8-19-22(18)25-23(31-19)27-20(13-15(3)26-27)24-21(28)14-16-9-11-17(12-10-16)30-5-2/h6-13H,4-5,14H2,1-3H3,(H,24,28). The summed E-state index contributed by atoms with van der Waals surface area (Å²) in [4.78, 5) is 18.6. The molecule has 4 aromatic rings. The van der Waals surface area contributed by atoms with Crippen LogP contribution in [0.2, 0.25) is 0 Å². The van der Waals surface area contributed by atoms with Crippen LogP contribution in [0.25, 0.3) is 15.3 Å². The van der Waals surface area contributed by atoms with Crippen LogP contribution in [0.3, 0.4) is 0 Å². The third-order valence-corrected chi connectivity index (χ3v) is 6.44. The average molecular weight is 453 g/mol. The van der Waals surface area contributed by atoms with Gasteiger partial charge in [-0.1, -0.05) is 36.5 Å². The molecule has 0 unspecified atom stereocenters. The zero-order valence-electron chi connectivity index (χ0n) is 17.7. The second-order valence-electron chi connectivity index (χ2n) is 6.92. The number of hydrogen-bond donors (Lipinski definition) is 1. The minimum absolute atomic E-state index is 0.0897. The predicted molar refractivity (Wildman–Crippen MR) is 128 cm³/mol. The summed E-state index contributed by atoms with van der Waals surface area (Å²) in [6, 6.07) is 15.9. The predicted octanol–water partition coefficient (Wildman–Crippen LogP) is 5.48. The van der Waals surface area contributed by atoms with Crippen molar-refractivity contribution in [3.05, 3.63) is 59.8 Å². The Balaban J connectivity index is 1.55. The van der Waals surface area contributed by atoms with Crippen LogP contribution in [0.15, 0.2) is 53.4 Å². The van der Waals surface area contributed by atoms with Crippen LogP contribution in [-0.2, 0) is 11.2 Å². The van der Waals surface area contributed by atoms with Gasteiger partial charge in [-0.3, -0.25) is 4.79 Å². The SMILES string of the molecule is CCOc1cccc2sc(-n3nc(C)cc3NC(=O)Cc3ccc(SCC)cc3)nc12. The summed E-state index contributed by atoms with van der Waals surface area (Å²) in [5.74, 6) is 2.30. The number of aryl methyl sites for hydroxylation is 1. The van der Waals surface area contributed by atoms with Crippen molar-refractivity contribution in [3.63, 3.8) is 0 Å². The van der Waals surface area contributed by atoms with Crippen LogP contribution >= 0.6 is 23.1 Å². The maximum absolute atomic E-state index is 12.7. The van der Waals surface area contributed by atoms with E-state index in [0.717, 1.165) is 33.0 Å². The Morgan fingerprint density at radius 3 is 2.74 bits per heavy atom. The monoisotopic (exact) mass is 452 g/mol. The van der Waals surface area contributed by atoms with Gasteiger partial charge in [-0.05, 0) is 49.4 Å². The van der Waals surface area contributed by atoms with Gasteiger partial charge in [0.2, 0.25) is 11.0 Å². The van der Waals surface area contributed by atoms with Gasteiger partial charge in [0, 0.05) is 11.0 Å². The number of rotatable bonds is 8. The molecule has 0 aliphatic carbocycles. The van der Waals surface area contributed by atoms with E-state index < -0.39 is 0 Å². The Morgan fingerprint density at radius 1 is 1.19 bits per heavy atom. The average Bonchev–Trinajstić information content (AvgIpc) is 3.33. The van der Waals surface area contributed by atoms with Gasteiger partial charge in [0.05, 0.1) is 23.4 Å². The number of fused-ring (bicyclic) bond motifs is 1. The molecule has 2 aromatic carbocycles. The molecule has 0 aliphatic rings. The lowest BCUT2D eigenvalue weighted by atomic mass is 10.1. The molecule has 0 saturated carbocycles.